The lowest BCUT2D eigenvalue weighted by Crippen LogP contribution is -2.05. The molecule has 0 spiro atoms. The Hall–Kier alpha value is -1.84. The zero-order valence-electron chi connectivity index (χ0n) is 9.12. The summed E-state index contributed by atoms with van der Waals surface area (Å²) in [6.07, 6.45) is -3.48. The molecule has 0 saturated heterocycles. The van der Waals surface area contributed by atoms with E-state index in [0.717, 1.165) is 23.4 Å². The molecule has 1 aromatic heterocycles. The van der Waals surface area contributed by atoms with Crippen LogP contribution >= 0.6 is 0 Å². The van der Waals surface area contributed by atoms with E-state index in [2.05, 4.69) is 4.98 Å². The van der Waals surface area contributed by atoms with Crippen molar-refractivity contribution in [3.05, 3.63) is 53.7 Å². The highest BCUT2D eigenvalue weighted by Crippen LogP contribution is 2.29. The summed E-state index contributed by atoms with van der Waals surface area (Å²) in [6, 6.07) is 9.90. The summed E-state index contributed by atoms with van der Waals surface area (Å²) in [6.45, 7) is 1.95. The zero-order chi connectivity index (χ0) is 12.5. The molecule has 0 bridgehead atoms. The van der Waals surface area contributed by atoms with Gasteiger partial charge in [-0.3, -0.25) is 4.98 Å². The second-order valence-electron chi connectivity index (χ2n) is 3.80. The van der Waals surface area contributed by atoms with Gasteiger partial charge in [0, 0.05) is 11.8 Å². The summed E-state index contributed by atoms with van der Waals surface area (Å²) >= 11 is 0. The van der Waals surface area contributed by atoms with Gasteiger partial charge in [0.05, 0.1) is 11.3 Å². The third-order valence-corrected chi connectivity index (χ3v) is 2.44. The minimum absolute atomic E-state index is 0.540. The van der Waals surface area contributed by atoms with Gasteiger partial charge in [0.1, 0.15) is 0 Å². The number of rotatable bonds is 1. The molecule has 0 fully saturated rings. The van der Waals surface area contributed by atoms with Gasteiger partial charge in [0.25, 0.3) is 0 Å². The molecule has 0 aliphatic heterocycles. The number of aryl methyl sites for hydroxylation is 1. The van der Waals surface area contributed by atoms with Crippen LogP contribution in [0.15, 0.2) is 42.6 Å². The second kappa shape index (κ2) is 4.20. The quantitative estimate of drug-likeness (QED) is 0.728. The Morgan fingerprint density at radius 1 is 0.941 bits per heavy atom. The molecule has 1 heterocycles. The minimum Gasteiger partial charge on any atom is -0.256 e. The Morgan fingerprint density at radius 3 is 2.06 bits per heavy atom. The Kier molecular flexibility index (Phi) is 2.88. The van der Waals surface area contributed by atoms with Crippen molar-refractivity contribution in [1.29, 1.82) is 0 Å². The molecule has 0 atom stereocenters. The lowest BCUT2D eigenvalue weighted by Gasteiger charge is -2.07. The van der Waals surface area contributed by atoms with Crippen molar-refractivity contribution >= 4 is 0 Å². The normalized spacial score (nSPS) is 11.5. The van der Waals surface area contributed by atoms with Crippen molar-refractivity contribution in [2.24, 2.45) is 0 Å². The highest BCUT2D eigenvalue weighted by molar-refractivity contribution is 5.59. The highest BCUT2D eigenvalue weighted by Gasteiger charge is 2.30. The van der Waals surface area contributed by atoms with Crippen LogP contribution < -0.4 is 0 Å². The molecule has 0 N–H and O–H groups in total. The van der Waals surface area contributed by atoms with Gasteiger partial charge in [-0.15, -0.1) is 0 Å². The van der Waals surface area contributed by atoms with Crippen LogP contribution in [0.5, 0.6) is 0 Å². The van der Waals surface area contributed by atoms with Crippen molar-refractivity contribution < 1.29 is 13.2 Å². The average molecular weight is 237 g/mol. The fourth-order valence-electron chi connectivity index (χ4n) is 1.46. The molecular formula is C13H10F3N. The average Bonchev–Trinajstić information content (AvgIpc) is 2.29. The third kappa shape index (κ3) is 2.64. The first kappa shape index (κ1) is 11.6. The van der Waals surface area contributed by atoms with Crippen LogP contribution in [0, 0.1) is 6.92 Å². The molecule has 0 aliphatic rings. The van der Waals surface area contributed by atoms with Crippen molar-refractivity contribution in [2.45, 2.75) is 13.1 Å². The maximum Gasteiger partial charge on any atom is 0.417 e. The highest BCUT2D eigenvalue weighted by atomic mass is 19.4. The zero-order valence-corrected chi connectivity index (χ0v) is 9.12. The van der Waals surface area contributed by atoms with Gasteiger partial charge in [-0.05, 0) is 19.1 Å². The van der Waals surface area contributed by atoms with Gasteiger partial charge >= 0.3 is 6.18 Å². The fraction of sp³-hybridized carbons (Fsp3) is 0.154. The Labute approximate surface area is 96.9 Å². The molecule has 0 radical (unpaired) electrons. The fourth-order valence-corrected chi connectivity index (χ4v) is 1.46. The number of hydrogen-bond acceptors (Lipinski definition) is 1. The molecular weight excluding hydrogens is 227 g/mol. The van der Waals surface area contributed by atoms with Crippen molar-refractivity contribution in [3.63, 3.8) is 0 Å². The van der Waals surface area contributed by atoms with Crippen molar-refractivity contribution in [3.8, 4) is 11.3 Å². The molecule has 1 aromatic carbocycles. The van der Waals surface area contributed by atoms with Gasteiger partial charge in [-0.2, -0.15) is 13.2 Å². The SMILES string of the molecule is Cc1ccc(-c2ccc(C(F)(F)F)cn2)cc1. The van der Waals surface area contributed by atoms with E-state index in [1.165, 1.54) is 6.07 Å². The van der Waals surface area contributed by atoms with Gasteiger partial charge in [-0.1, -0.05) is 29.8 Å². The van der Waals surface area contributed by atoms with Crippen LogP contribution in [0.4, 0.5) is 13.2 Å². The predicted molar refractivity (Wildman–Crippen MR) is 59.4 cm³/mol. The number of hydrogen-bond donors (Lipinski definition) is 0. The van der Waals surface area contributed by atoms with Crippen LogP contribution in [0.1, 0.15) is 11.1 Å². The molecule has 1 nitrogen and oxygen atoms in total. The van der Waals surface area contributed by atoms with Gasteiger partial charge in [0.15, 0.2) is 0 Å². The summed E-state index contributed by atoms with van der Waals surface area (Å²) in [5.41, 5.74) is 1.72. The van der Waals surface area contributed by atoms with E-state index < -0.39 is 11.7 Å². The number of pyridine rings is 1. The Balaban J connectivity index is 2.33. The molecule has 0 saturated carbocycles. The minimum atomic E-state index is -4.33. The molecule has 4 heteroatoms. The van der Waals surface area contributed by atoms with E-state index in [1.807, 2.05) is 31.2 Å². The van der Waals surface area contributed by atoms with E-state index in [4.69, 9.17) is 0 Å². The van der Waals surface area contributed by atoms with Crippen molar-refractivity contribution in [2.75, 3.05) is 0 Å². The van der Waals surface area contributed by atoms with Gasteiger partial charge < -0.3 is 0 Å². The summed E-state index contributed by atoms with van der Waals surface area (Å²) in [7, 11) is 0. The van der Waals surface area contributed by atoms with E-state index in [9.17, 15) is 13.2 Å². The summed E-state index contributed by atoms with van der Waals surface area (Å²) in [4.78, 5) is 3.83. The molecule has 17 heavy (non-hydrogen) atoms. The maximum atomic E-state index is 12.3. The largest absolute Gasteiger partial charge is 0.417 e. The number of benzene rings is 1. The third-order valence-electron chi connectivity index (χ3n) is 2.44. The molecule has 88 valence electrons. The summed E-state index contributed by atoms with van der Waals surface area (Å²) < 4.78 is 37.0. The van der Waals surface area contributed by atoms with E-state index in [0.29, 0.717) is 5.69 Å². The van der Waals surface area contributed by atoms with Crippen LogP contribution in [0.2, 0.25) is 0 Å². The monoisotopic (exact) mass is 237 g/mol. The van der Waals surface area contributed by atoms with E-state index in [-0.39, 0.29) is 0 Å². The number of aromatic nitrogens is 1. The van der Waals surface area contributed by atoms with Crippen LogP contribution in [-0.4, -0.2) is 4.98 Å². The van der Waals surface area contributed by atoms with Gasteiger partial charge in [0.2, 0.25) is 0 Å². The maximum absolute atomic E-state index is 12.3. The molecule has 2 rings (SSSR count). The summed E-state index contributed by atoms with van der Waals surface area (Å²) in [5, 5.41) is 0. The van der Waals surface area contributed by atoms with Crippen molar-refractivity contribution in [1.82, 2.24) is 4.98 Å². The topological polar surface area (TPSA) is 12.9 Å². The molecule has 0 amide bonds. The smallest absolute Gasteiger partial charge is 0.256 e. The lowest BCUT2D eigenvalue weighted by molar-refractivity contribution is -0.137. The molecule has 0 unspecified atom stereocenters. The number of alkyl halides is 3. The first-order valence-corrected chi connectivity index (χ1v) is 5.07. The van der Waals surface area contributed by atoms with Crippen LogP contribution in [0.3, 0.4) is 0 Å². The number of nitrogens with zero attached hydrogens (tertiary/aromatic N) is 1. The standard InChI is InChI=1S/C13H10F3N/c1-9-2-4-10(5-3-9)12-7-6-11(8-17-12)13(14,15)16/h2-8H,1H3. The predicted octanol–water partition coefficient (Wildman–Crippen LogP) is 4.08. The first-order chi connectivity index (χ1) is 7.97. The summed E-state index contributed by atoms with van der Waals surface area (Å²) in [5.74, 6) is 0. The van der Waals surface area contributed by atoms with E-state index in [1.54, 1.807) is 0 Å². The van der Waals surface area contributed by atoms with Gasteiger partial charge in [-0.25, -0.2) is 0 Å². The Morgan fingerprint density at radius 2 is 1.59 bits per heavy atom. The van der Waals surface area contributed by atoms with E-state index >= 15 is 0 Å². The lowest BCUT2D eigenvalue weighted by atomic mass is 10.1. The first-order valence-electron chi connectivity index (χ1n) is 5.07. The number of halogens is 3. The molecule has 0 aliphatic carbocycles. The van der Waals surface area contributed by atoms with Crippen LogP contribution in [-0.2, 0) is 6.18 Å². The Bertz CT molecular complexity index is 498. The molecule has 2 aromatic rings. The second-order valence-corrected chi connectivity index (χ2v) is 3.80. The van der Waals surface area contributed by atoms with Crippen LogP contribution in [0.25, 0.3) is 11.3 Å².